The number of nitrogens with zero attached hydrogens (tertiary/aromatic N) is 1. The lowest BCUT2D eigenvalue weighted by Crippen LogP contribution is -2.18. The van der Waals surface area contributed by atoms with Gasteiger partial charge >= 0.3 is 0 Å². The second-order valence-corrected chi connectivity index (χ2v) is 5.71. The zero-order valence-corrected chi connectivity index (χ0v) is 15.2. The number of anilines is 2. The fraction of sp³-hybridized carbons (Fsp3) is 0.118. The number of rotatable bonds is 7. The van der Waals surface area contributed by atoms with E-state index in [4.69, 9.17) is 32.8 Å². The molecular formula is C17H15Cl2N3O4. The minimum atomic E-state index is -0.572. The SMILES string of the molecule is COc1ccc(Cl)cc1NC(=O)/C=N\OCC(=O)Nc1ccccc1Cl. The molecule has 2 rings (SSSR count). The van der Waals surface area contributed by atoms with Crippen molar-refractivity contribution in [1.29, 1.82) is 0 Å². The molecule has 0 atom stereocenters. The van der Waals surface area contributed by atoms with Gasteiger partial charge in [0, 0.05) is 5.02 Å². The predicted molar refractivity (Wildman–Crippen MR) is 101 cm³/mol. The van der Waals surface area contributed by atoms with Crippen molar-refractivity contribution in [3.05, 3.63) is 52.5 Å². The number of para-hydroxylation sites is 1. The smallest absolute Gasteiger partial charge is 0.270 e. The van der Waals surface area contributed by atoms with Gasteiger partial charge in [0.15, 0.2) is 6.61 Å². The first-order valence-electron chi connectivity index (χ1n) is 7.34. The van der Waals surface area contributed by atoms with Crippen LogP contribution in [-0.4, -0.2) is 31.7 Å². The molecule has 0 aliphatic heterocycles. The molecule has 0 unspecified atom stereocenters. The number of carbonyl (C=O) groups is 2. The Balaban J connectivity index is 1.81. The molecule has 0 heterocycles. The van der Waals surface area contributed by atoms with Gasteiger partial charge in [-0.25, -0.2) is 0 Å². The fourth-order valence-electron chi connectivity index (χ4n) is 1.87. The zero-order valence-electron chi connectivity index (χ0n) is 13.7. The number of benzene rings is 2. The van der Waals surface area contributed by atoms with Gasteiger partial charge in [0.1, 0.15) is 12.0 Å². The number of hydrogen-bond donors (Lipinski definition) is 2. The van der Waals surface area contributed by atoms with Gasteiger partial charge in [0.05, 0.1) is 23.5 Å². The Labute approximate surface area is 159 Å². The molecule has 0 saturated heterocycles. The van der Waals surface area contributed by atoms with Crippen LogP contribution in [0.3, 0.4) is 0 Å². The highest BCUT2D eigenvalue weighted by Gasteiger charge is 2.08. The van der Waals surface area contributed by atoms with Crippen molar-refractivity contribution >= 4 is 52.6 Å². The molecule has 0 fully saturated rings. The summed E-state index contributed by atoms with van der Waals surface area (Å²) in [6.45, 7) is -0.379. The predicted octanol–water partition coefficient (Wildman–Crippen LogP) is 3.58. The Bertz CT molecular complexity index is 827. The molecule has 0 spiro atoms. The van der Waals surface area contributed by atoms with Gasteiger partial charge in [-0.2, -0.15) is 0 Å². The Kier molecular flexibility index (Phi) is 7.25. The normalized spacial score (nSPS) is 10.4. The second-order valence-electron chi connectivity index (χ2n) is 4.87. The summed E-state index contributed by atoms with van der Waals surface area (Å²) >= 11 is 11.8. The monoisotopic (exact) mass is 395 g/mol. The number of halogens is 2. The Morgan fingerprint density at radius 1 is 1.12 bits per heavy atom. The van der Waals surface area contributed by atoms with Gasteiger partial charge in [-0.05, 0) is 30.3 Å². The van der Waals surface area contributed by atoms with Gasteiger partial charge in [0.25, 0.3) is 11.8 Å². The highest BCUT2D eigenvalue weighted by atomic mass is 35.5. The van der Waals surface area contributed by atoms with Crippen LogP contribution in [0.2, 0.25) is 10.0 Å². The quantitative estimate of drug-likeness (QED) is 0.553. The van der Waals surface area contributed by atoms with E-state index in [0.717, 1.165) is 6.21 Å². The third-order valence-electron chi connectivity index (χ3n) is 3.01. The van der Waals surface area contributed by atoms with E-state index in [1.807, 2.05) is 0 Å². The summed E-state index contributed by atoms with van der Waals surface area (Å²) in [4.78, 5) is 28.3. The number of nitrogens with one attached hydrogen (secondary N) is 2. The first-order valence-corrected chi connectivity index (χ1v) is 8.09. The second kappa shape index (κ2) is 9.65. The van der Waals surface area contributed by atoms with E-state index < -0.39 is 11.8 Å². The van der Waals surface area contributed by atoms with E-state index in [-0.39, 0.29) is 6.61 Å². The number of methoxy groups -OCH3 is 1. The molecule has 2 amide bonds. The Hall–Kier alpha value is -2.77. The van der Waals surface area contributed by atoms with Gasteiger partial charge in [-0.3, -0.25) is 9.59 Å². The van der Waals surface area contributed by atoms with Crippen LogP contribution in [0, 0.1) is 0 Å². The molecule has 9 heteroatoms. The van der Waals surface area contributed by atoms with Crippen molar-refractivity contribution in [2.24, 2.45) is 5.16 Å². The minimum absolute atomic E-state index is 0.379. The number of amides is 2. The molecule has 0 aliphatic carbocycles. The van der Waals surface area contributed by atoms with Gasteiger partial charge in [0.2, 0.25) is 0 Å². The first-order chi connectivity index (χ1) is 12.5. The molecule has 26 heavy (non-hydrogen) atoms. The molecule has 2 aromatic rings. The summed E-state index contributed by atoms with van der Waals surface area (Å²) in [5.41, 5.74) is 0.838. The van der Waals surface area contributed by atoms with Crippen molar-refractivity contribution in [2.45, 2.75) is 0 Å². The summed E-state index contributed by atoms with van der Waals surface area (Å²) in [5, 5.41) is 9.38. The van der Waals surface area contributed by atoms with Crippen LogP contribution < -0.4 is 15.4 Å². The molecule has 2 aromatic carbocycles. The number of carbonyl (C=O) groups excluding carboxylic acids is 2. The maximum Gasteiger partial charge on any atom is 0.270 e. The standard InChI is InChI=1S/C17H15Cl2N3O4/c1-25-15-7-6-11(18)8-14(15)22-16(23)9-20-26-10-17(24)21-13-5-3-2-4-12(13)19/h2-9H,10H2,1H3,(H,21,24)(H,22,23)/b20-9-. The lowest BCUT2D eigenvalue weighted by atomic mass is 10.3. The topological polar surface area (TPSA) is 89.0 Å². The number of ether oxygens (including phenoxy) is 1. The van der Waals surface area contributed by atoms with Crippen molar-refractivity contribution in [1.82, 2.24) is 0 Å². The molecule has 7 nitrogen and oxygen atoms in total. The van der Waals surface area contributed by atoms with Crippen LogP contribution in [0.4, 0.5) is 11.4 Å². The average molecular weight is 396 g/mol. The highest BCUT2D eigenvalue weighted by molar-refractivity contribution is 6.34. The largest absolute Gasteiger partial charge is 0.495 e. The molecule has 0 aromatic heterocycles. The van der Waals surface area contributed by atoms with E-state index in [1.54, 1.807) is 36.4 Å². The first kappa shape index (κ1) is 19.6. The van der Waals surface area contributed by atoms with E-state index in [2.05, 4.69) is 15.8 Å². The summed E-state index contributed by atoms with van der Waals surface area (Å²) in [7, 11) is 1.47. The minimum Gasteiger partial charge on any atom is -0.495 e. The Morgan fingerprint density at radius 3 is 2.62 bits per heavy atom. The molecule has 0 radical (unpaired) electrons. The third kappa shape index (κ3) is 5.94. The van der Waals surface area contributed by atoms with Gasteiger partial charge in [-0.1, -0.05) is 40.5 Å². The number of hydrogen-bond acceptors (Lipinski definition) is 5. The van der Waals surface area contributed by atoms with E-state index in [0.29, 0.717) is 27.2 Å². The Morgan fingerprint density at radius 2 is 1.88 bits per heavy atom. The fourth-order valence-corrected chi connectivity index (χ4v) is 2.23. The molecule has 0 bridgehead atoms. The van der Waals surface area contributed by atoms with Gasteiger partial charge in [-0.15, -0.1) is 0 Å². The van der Waals surface area contributed by atoms with Crippen LogP contribution in [0.5, 0.6) is 5.75 Å². The van der Waals surface area contributed by atoms with Crippen molar-refractivity contribution in [3.63, 3.8) is 0 Å². The van der Waals surface area contributed by atoms with Crippen LogP contribution in [0.25, 0.3) is 0 Å². The third-order valence-corrected chi connectivity index (χ3v) is 3.57. The molecule has 0 saturated carbocycles. The maximum atomic E-state index is 11.8. The average Bonchev–Trinajstić information content (AvgIpc) is 2.61. The molecular weight excluding hydrogens is 381 g/mol. The molecule has 136 valence electrons. The highest BCUT2D eigenvalue weighted by Crippen LogP contribution is 2.27. The van der Waals surface area contributed by atoms with Crippen LogP contribution >= 0.6 is 23.2 Å². The summed E-state index contributed by atoms with van der Waals surface area (Å²) in [6.07, 6.45) is 0.892. The molecule has 0 aliphatic rings. The summed E-state index contributed by atoms with van der Waals surface area (Å²) in [6, 6.07) is 11.5. The van der Waals surface area contributed by atoms with Crippen LogP contribution in [-0.2, 0) is 14.4 Å². The summed E-state index contributed by atoms with van der Waals surface area (Å²) in [5.74, 6) is -0.597. The lowest BCUT2D eigenvalue weighted by molar-refractivity contribution is -0.120. The number of oxime groups is 1. The van der Waals surface area contributed by atoms with Crippen LogP contribution in [0.1, 0.15) is 0 Å². The van der Waals surface area contributed by atoms with E-state index in [1.165, 1.54) is 13.2 Å². The maximum absolute atomic E-state index is 11.8. The summed E-state index contributed by atoms with van der Waals surface area (Å²) < 4.78 is 5.11. The van der Waals surface area contributed by atoms with E-state index in [9.17, 15) is 9.59 Å². The lowest BCUT2D eigenvalue weighted by Gasteiger charge is -2.08. The van der Waals surface area contributed by atoms with Crippen molar-refractivity contribution < 1.29 is 19.2 Å². The van der Waals surface area contributed by atoms with E-state index >= 15 is 0 Å². The van der Waals surface area contributed by atoms with Crippen LogP contribution in [0.15, 0.2) is 47.6 Å². The van der Waals surface area contributed by atoms with Crippen molar-refractivity contribution in [2.75, 3.05) is 24.4 Å². The van der Waals surface area contributed by atoms with Crippen molar-refractivity contribution in [3.8, 4) is 5.75 Å². The zero-order chi connectivity index (χ0) is 18.9. The van der Waals surface area contributed by atoms with Gasteiger partial charge < -0.3 is 20.2 Å². The molecule has 2 N–H and O–H groups in total.